The third-order valence-electron chi connectivity index (χ3n) is 3.79. The van der Waals surface area contributed by atoms with Crippen LogP contribution in [-0.4, -0.2) is 90.3 Å². The minimum Gasteiger partial charge on any atom is -0.481 e. The molecule has 1 fully saturated rings. The van der Waals surface area contributed by atoms with Crippen LogP contribution in [0.15, 0.2) is 0 Å². The first kappa shape index (κ1) is 18.7. The molecule has 22 heavy (non-hydrogen) atoms. The monoisotopic (exact) mass is 315 g/mol. The minimum atomic E-state index is -0.847. The standard InChI is InChI=1S/C15H29N3O4/c1-14(2,3)22-13(21)18-10-15(11-18,9-12(19)20)17(6)8-7-16(4)5/h7-11H2,1-6H3,(H,19,20). The SMILES string of the molecule is CN(C)CCN(C)C1(CC(=O)O)CN(C(=O)OC(C)(C)C)C1. The van der Waals surface area contributed by atoms with Crippen LogP contribution in [-0.2, 0) is 9.53 Å². The summed E-state index contributed by atoms with van der Waals surface area (Å²) < 4.78 is 5.33. The maximum atomic E-state index is 12.0. The van der Waals surface area contributed by atoms with Gasteiger partial charge in [-0.05, 0) is 41.9 Å². The van der Waals surface area contributed by atoms with E-state index in [2.05, 4.69) is 4.90 Å². The molecule has 1 aliphatic heterocycles. The molecule has 0 bridgehead atoms. The summed E-state index contributed by atoms with van der Waals surface area (Å²) in [7, 11) is 5.87. The van der Waals surface area contributed by atoms with Crippen LogP contribution in [0.4, 0.5) is 4.79 Å². The van der Waals surface area contributed by atoms with Gasteiger partial charge in [-0.25, -0.2) is 4.79 Å². The predicted octanol–water partition coefficient (Wildman–Crippen LogP) is 0.944. The van der Waals surface area contributed by atoms with Gasteiger partial charge in [0.25, 0.3) is 0 Å². The van der Waals surface area contributed by atoms with Crippen LogP contribution in [0.3, 0.4) is 0 Å². The average Bonchev–Trinajstić information content (AvgIpc) is 2.27. The number of aliphatic carboxylic acids is 1. The lowest BCUT2D eigenvalue weighted by Crippen LogP contribution is -2.71. The van der Waals surface area contributed by atoms with Crippen LogP contribution in [0.1, 0.15) is 27.2 Å². The van der Waals surface area contributed by atoms with E-state index in [-0.39, 0.29) is 12.5 Å². The van der Waals surface area contributed by atoms with Crippen LogP contribution in [0.2, 0.25) is 0 Å². The van der Waals surface area contributed by atoms with E-state index in [0.29, 0.717) is 13.1 Å². The number of carboxylic acids is 1. The molecule has 1 saturated heterocycles. The Kier molecular flexibility index (Phi) is 5.81. The summed E-state index contributed by atoms with van der Waals surface area (Å²) in [6.45, 7) is 7.82. The van der Waals surface area contributed by atoms with Crippen LogP contribution in [0, 0.1) is 0 Å². The van der Waals surface area contributed by atoms with Gasteiger partial charge in [0.1, 0.15) is 5.60 Å². The first-order valence-corrected chi connectivity index (χ1v) is 7.51. The van der Waals surface area contributed by atoms with Gasteiger partial charge in [0.05, 0.1) is 12.0 Å². The highest BCUT2D eigenvalue weighted by Gasteiger charge is 2.50. The largest absolute Gasteiger partial charge is 0.481 e. The lowest BCUT2D eigenvalue weighted by atomic mass is 9.84. The van der Waals surface area contributed by atoms with E-state index in [0.717, 1.165) is 13.1 Å². The molecule has 128 valence electrons. The molecule has 1 aliphatic rings. The zero-order chi connectivity index (χ0) is 17.1. The Balaban J connectivity index is 2.66. The van der Waals surface area contributed by atoms with Gasteiger partial charge in [0.15, 0.2) is 0 Å². The molecule has 0 aromatic heterocycles. The molecule has 1 N–H and O–H groups in total. The van der Waals surface area contributed by atoms with Gasteiger partial charge in [0, 0.05) is 26.2 Å². The van der Waals surface area contributed by atoms with Gasteiger partial charge < -0.3 is 19.6 Å². The number of hydrogen-bond acceptors (Lipinski definition) is 5. The molecule has 1 rings (SSSR count). The normalized spacial score (nSPS) is 17.5. The van der Waals surface area contributed by atoms with Crippen molar-refractivity contribution in [1.82, 2.24) is 14.7 Å². The Bertz CT molecular complexity index is 412. The number of likely N-dealkylation sites (tertiary alicyclic amines) is 1. The van der Waals surface area contributed by atoms with Crippen molar-refractivity contribution in [2.24, 2.45) is 0 Å². The van der Waals surface area contributed by atoms with Gasteiger partial charge in [-0.3, -0.25) is 9.69 Å². The summed E-state index contributed by atoms with van der Waals surface area (Å²) in [4.78, 5) is 28.9. The highest BCUT2D eigenvalue weighted by molar-refractivity contribution is 5.73. The maximum Gasteiger partial charge on any atom is 0.410 e. The zero-order valence-electron chi connectivity index (χ0n) is 14.5. The van der Waals surface area contributed by atoms with Crippen LogP contribution in [0.5, 0.6) is 0 Å². The summed E-state index contributed by atoms with van der Waals surface area (Å²) in [5.41, 5.74) is -1.04. The van der Waals surface area contributed by atoms with E-state index in [1.807, 2.05) is 46.8 Å². The summed E-state index contributed by atoms with van der Waals surface area (Å²) in [6.07, 6.45) is -0.356. The summed E-state index contributed by atoms with van der Waals surface area (Å²) in [5.74, 6) is -0.847. The van der Waals surface area contributed by atoms with Crippen LogP contribution < -0.4 is 0 Å². The topological polar surface area (TPSA) is 73.3 Å². The van der Waals surface area contributed by atoms with Gasteiger partial charge in [-0.2, -0.15) is 0 Å². The number of ether oxygens (including phenoxy) is 1. The quantitative estimate of drug-likeness (QED) is 0.786. The number of nitrogens with zero attached hydrogens (tertiary/aromatic N) is 3. The van der Waals surface area contributed by atoms with Crippen LogP contribution >= 0.6 is 0 Å². The Morgan fingerprint density at radius 3 is 2.14 bits per heavy atom. The van der Waals surface area contributed by atoms with Crippen molar-refractivity contribution in [3.63, 3.8) is 0 Å². The Morgan fingerprint density at radius 2 is 1.73 bits per heavy atom. The third-order valence-corrected chi connectivity index (χ3v) is 3.79. The fourth-order valence-electron chi connectivity index (χ4n) is 2.48. The molecule has 0 unspecified atom stereocenters. The van der Waals surface area contributed by atoms with Crippen molar-refractivity contribution in [3.05, 3.63) is 0 Å². The number of hydrogen-bond donors (Lipinski definition) is 1. The lowest BCUT2D eigenvalue weighted by molar-refractivity contribution is -0.145. The van der Waals surface area contributed by atoms with E-state index >= 15 is 0 Å². The number of carbonyl (C=O) groups is 2. The molecule has 0 aromatic carbocycles. The fourth-order valence-corrected chi connectivity index (χ4v) is 2.48. The Labute approximate surface area is 132 Å². The van der Waals surface area contributed by atoms with E-state index in [1.54, 1.807) is 4.90 Å². The Hall–Kier alpha value is -1.34. The third kappa shape index (κ3) is 5.14. The number of carboxylic acid groups (broad SMARTS) is 1. The van der Waals surface area contributed by atoms with E-state index < -0.39 is 17.1 Å². The van der Waals surface area contributed by atoms with E-state index in [9.17, 15) is 14.7 Å². The fraction of sp³-hybridized carbons (Fsp3) is 0.867. The average molecular weight is 315 g/mol. The molecule has 1 amide bonds. The molecule has 7 nitrogen and oxygen atoms in total. The van der Waals surface area contributed by atoms with Gasteiger partial charge in [-0.1, -0.05) is 0 Å². The number of amides is 1. The molecular formula is C15H29N3O4. The smallest absolute Gasteiger partial charge is 0.410 e. The lowest BCUT2D eigenvalue weighted by Gasteiger charge is -2.54. The second-order valence-corrected chi connectivity index (χ2v) is 7.36. The van der Waals surface area contributed by atoms with Crippen molar-refractivity contribution >= 4 is 12.1 Å². The molecular weight excluding hydrogens is 286 g/mol. The molecule has 0 saturated carbocycles. The van der Waals surface area contributed by atoms with Crippen LogP contribution in [0.25, 0.3) is 0 Å². The van der Waals surface area contributed by atoms with E-state index in [1.165, 1.54) is 0 Å². The zero-order valence-corrected chi connectivity index (χ0v) is 14.5. The molecule has 0 atom stereocenters. The minimum absolute atomic E-state index is 0.0240. The second kappa shape index (κ2) is 6.83. The first-order chi connectivity index (χ1) is 9.95. The molecule has 0 spiro atoms. The van der Waals surface area contributed by atoms with Gasteiger partial charge in [0.2, 0.25) is 0 Å². The number of carbonyl (C=O) groups excluding carboxylic acids is 1. The molecule has 0 radical (unpaired) electrons. The summed E-state index contributed by atoms with van der Waals surface area (Å²) in [5, 5.41) is 9.18. The molecule has 1 heterocycles. The highest BCUT2D eigenvalue weighted by atomic mass is 16.6. The first-order valence-electron chi connectivity index (χ1n) is 7.51. The number of likely N-dealkylation sites (N-methyl/N-ethyl adjacent to an activating group) is 2. The molecule has 0 aliphatic carbocycles. The van der Waals surface area contributed by atoms with Gasteiger partial charge >= 0.3 is 12.1 Å². The van der Waals surface area contributed by atoms with Crippen molar-refractivity contribution < 1.29 is 19.4 Å². The highest BCUT2D eigenvalue weighted by Crippen LogP contribution is 2.31. The van der Waals surface area contributed by atoms with Crippen molar-refractivity contribution in [3.8, 4) is 0 Å². The molecule has 7 heteroatoms. The second-order valence-electron chi connectivity index (χ2n) is 7.36. The summed E-state index contributed by atoms with van der Waals surface area (Å²) in [6, 6.07) is 0. The van der Waals surface area contributed by atoms with E-state index in [4.69, 9.17) is 4.74 Å². The maximum absolute atomic E-state index is 12.0. The molecule has 0 aromatic rings. The van der Waals surface area contributed by atoms with Crippen molar-refractivity contribution in [2.75, 3.05) is 47.3 Å². The van der Waals surface area contributed by atoms with Crippen molar-refractivity contribution in [2.45, 2.75) is 38.3 Å². The predicted molar refractivity (Wildman–Crippen MR) is 84.0 cm³/mol. The summed E-state index contributed by atoms with van der Waals surface area (Å²) >= 11 is 0. The Morgan fingerprint density at radius 1 is 1.18 bits per heavy atom. The van der Waals surface area contributed by atoms with Crippen molar-refractivity contribution in [1.29, 1.82) is 0 Å². The van der Waals surface area contributed by atoms with Gasteiger partial charge in [-0.15, -0.1) is 0 Å². The number of rotatable bonds is 6.